The summed E-state index contributed by atoms with van der Waals surface area (Å²) < 4.78 is 0. The first-order chi connectivity index (χ1) is 9.01. The summed E-state index contributed by atoms with van der Waals surface area (Å²) in [6.07, 6.45) is 0. The largest absolute Gasteiger partial charge is 0.342 e. The van der Waals surface area contributed by atoms with Crippen molar-refractivity contribution in [2.45, 2.75) is 20.8 Å². The highest BCUT2D eigenvalue weighted by Crippen LogP contribution is 2.16. The van der Waals surface area contributed by atoms with Crippen LogP contribution in [0.4, 0.5) is 11.9 Å². The number of hydrogen-bond donors (Lipinski definition) is 0. The fraction of sp³-hybridized carbons (Fsp3) is 0.667. The monoisotopic (exact) mass is 282 g/mol. The van der Waals surface area contributed by atoms with Crippen molar-refractivity contribution in [2.75, 3.05) is 36.5 Å². The van der Waals surface area contributed by atoms with Crippen molar-refractivity contribution in [3.63, 3.8) is 0 Å². The van der Waals surface area contributed by atoms with Gasteiger partial charge in [0.15, 0.2) is 0 Å². The Morgan fingerprint density at radius 2 is 1.79 bits per heavy atom. The van der Waals surface area contributed by atoms with Gasteiger partial charge in [0.25, 0.3) is 0 Å². The summed E-state index contributed by atoms with van der Waals surface area (Å²) >= 11 is 5.94. The zero-order chi connectivity index (χ0) is 14.4. The van der Waals surface area contributed by atoms with Crippen molar-refractivity contribution < 1.29 is 0 Å². The quantitative estimate of drug-likeness (QED) is 0.794. The van der Waals surface area contributed by atoms with Crippen LogP contribution >= 0.6 is 11.6 Å². The van der Waals surface area contributed by atoms with E-state index in [1.165, 1.54) is 0 Å². The lowest BCUT2D eigenvalue weighted by Gasteiger charge is -2.22. The van der Waals surface area contributed by atoms with E-state index in [0.717, 1.165) is 13.1 Å². The van der Waals surface area contributed by atoms with Gasteiger partial charge in [-0.15, -0.1) is 0 Å². The highest BCUT2D eigenvalue weighted by atomic mass is 35.5. The Bertz CT molecular complexity index is 454. The molecule has 0 aliphatic heterocycles. The van der Waals surface area contributed by atoms with E-state index in [0.29, 0.717) is 18.4 Å². The molecule has 1 aromatic heterocycles. The molecule has 6 nitrogen and oxygen atoms in total. The number of aromatic nitrogens is 3. The van der Waals surface area contributed by atoms with Crippen LogP contribution < -0.4 is 9.80 Å². The molecule has 104 valence electrons. The van der Waals surface area contributed by atoms with Crippen LogP contribution in [0.15, 0.2) is 0 Å². The zero-order valence-corrected chi connectivity index (χ0v) is 12.5. The molecule has 1 rings (SSSR count). The number of hydrogen-bond acceptors (Lipinski definition) is 6. The normalized spacial score (nSPS) is 11.8. The van der Waals surface area contributed by atoms with Crippen molar-refractivity contribution in [2.24, 2.45) is 5.92 Å². The van der Waals surface area contributed by atoms with Gasteiger partial charge >= 0.3 is 0 Å². The molecule has 1 atom stereocenters. The van der Waals surface area contributed by atoms with E-state index in [1.54, 1.807) is 0 Å². The second-order valence-electron chi connectivity index (χ2n) is 4.29. The third-order valence-corrected chi connectivity index (χ3v) is 2.91. The molecule has 0 aliphatic carbocycles. The summed E-state index contributed by atoms with van der Waals surface area (Å²) in [7, 11) is 1.84. The average Bonchev–Trinajstić information content (AvgIpc) is 2.39. The summed E-state index contributed by atoms with van der Waals surface area (Å²) in [6, 6.07) is 2.18. The van der Waals surface area contributed by atoms with Gasteiger partial charge in [-0.1, -0.05) is 0 Å². The van der Waals surface area contributed by atoms with Gasteiger partial charge in [-0.3, -0.25) is 0 Å². The van der Waals surface area contributed by atoms with Gasteiger partial charge in [-0.05, 0) is 32.4 Å². The molecule has 19 heavy (non-hydrogen) atoms. The summed E-state index contributed by atoms with van der Waals surface area (Å²) in [6.45, 7) is 8.06. The van der Waals surface area contributed by atoms with E-state index in [4.69, 9.17) is 16.9 Å². The highest BCUT2D eigenvalue weighted by Gasteiger charge is 2.14. The standard InChI is InChI=1S/C12H19ClN6/c1-5-19(6-2)12-16-10(13)15-11(17-12)18(4)8-9(3)7-14/h9H,5-6,8H2,1-4H3. The molecule has 0 spiro atoms. The summed E-state index contributed by atoms with van der Waals surface area (Å²) in [4.78, 5) is 16.5. The zero-order valence-electron chi connectivity index (χ0n) is 11.8. The maximum absolute atomic E-state index is 8.84. The molecule has 0 N–H and O–H groups in total. The van der Waals surface area contributed by atoms with Crippen LogP contribution in [-0.4, -0.2) is 41.6 Å². The second kappa shape index (κ2) is 7.10. The Morgan fingerprint density at radius 3 is 2.32 bits per heavy atom. The predicted molar refractivity (Wildman–Crippen MR) is 76.4 cm³/mol. The van der Waals surface area contributed by atoms with Crippen molar-refractivity contribution in [1.29, 1.82) is 5.26 Å². The van der Waals surface area contributed by atoms with Crippen LogP contribution in [-0.2, 0) is 0 Å². The Labute approximate surface area is 119 Å². The van der Waals surface area contributed by atoms with Crippen LogP contribution in [0, 0.1) is 17.2 Å². The van der Waals surface area contributed by atoms with Crippen LogP contribution in [0.25, 0.3) is 0 Å². The van der Waals surface area contributed by atoms with Crippen LogP contribution in [0.2, 0.25) is 5.28 Å². The highest BCUT2D eigenvalue weighted by molar-refractivity contribution is 6.28. The average molecular weight is 283 g/mol. The number of nitriles is 1. The first kappa shape index (κ1) is 15.4. The molecule has 0 saturated heterocycles. The molecule has 0 bridgehead atoms. The van der Waals surface area contributed by atoms with Gasteiger partial charge in [0.1, 0.15) is 0 Å². The van der Waals surface area contributed by atoms with Gasteiger partial charge in [-0.25, -0.2) is 0 Å². The number of halogens is 1. The number of nitrogens with zero attached hydrogens (tertiary/aromatic N) is 6. The maximum Gasteiger partial charge on any atom is 0.231 e. The second-order valence-corrected chi connectivity index (χ2v) is 4.63. The Kier molecular flexibility index (Phi) is 5.77. The van der Waals surface area contributed by atoms with Crippen LogP contribution in [0.3, 0.4) is 0 Å². The molecule has 0 radical (unpaired) electrons. The van der Waals surface area contributed by atoms with Crippen molar-refractivity contribution in [3.8, 4) is 6.07 Å². The number of rotatable bonds is 6. The maximum atomic E-state index is 8.84. The van der Waals surface area contributed by atoms with Crippen molar-refractivity contribution >= 4 is 23.5 Å². The van der Waals surface area contributed by atoms with E-state index in [9.17, 15) is 0 Å². The molecule has 1 unspecified atom stereocenters. The molecular formula is C12H19ClN6. The molecule has 0 fully saturated rings. The van der Waals surface area contributed by atoms with E-state index in [2.05, 4.69) is 21.0 Å². The van der Waals surface area contributed by atoms with Crippen LogP contribution in [0.1, 0.15) is 20.8 Å². The fourth-order valence-electron chi connectivity index (χ4n) is 1.68. The molecule has 0 aromatic carbocycles. The minimum Gasteiger partial charge on any atom is -0.342 e. The first-order valence-electron chi connectivity index (χ1n) is 6.29. The van der Waals surface area contributed by atoms with Crippen molar-refractivity contribution in [1.82, 2.24) is 15.0 Å². The van der Waals surface area contributed by atoms with E-state index in [1.807, 2.05) is 37.6 Å². The lowest BCUT2D eigenvalue weighted by molar-refractivity contribution is 0.697. The minimum absolute atomic E-state index is 0.0996. The Hall–Kier alpha value is -1.61. The van der Waals surface area contributed by atoms with Gasteiger partial charge in [0.2, 0.25) is 17.2 Å². The fourth-order valence-corrected chi connectivity index (χ4v) is 1.83. The Morgan fingerprint density at radius 1 is 1.21 bits per heavy atom. The summed E-state index contributed by atoms with van der Waals surface area (Å²) in [5.41, 5.74) is 0. The van der Waals surface area contributed by atoms with E-state index in [-0.39, 0.29) is 11.2 Å². The van der Waals surface area contributed by atoms with E-state index >= 15 is 0 Å². The molecule has 7 heteroatoms. The summed E-state index contributed by atoms with van der Waals surface area (Å²) in [5.74, 6) is 0.956. The number of anilines is 2. The van der Waals surface area contributed by atoms with Gasteiger partial charge < -0.3 is 9.80 Å². The predicted octanol–water partition coefficient (Wildman–Crippen LogP) is 1.97. The molecule has 1 aromatic rings. The van der Waals surface area contributed by atoms with Crippen molar-refractivity contribution in [3.05, 3.63) is 5.28 Å². The topological polar surface area (TPSA) is 68.9 Å². The van der Waals surface area contributed by atoms with Gasteiger partial charge in [-0.2, -0.15) is 20.2 Å². The molecule has 1 heterocycles. The van der Waals surface area contributed by atoms with Gasteiger partial charge in [0.05, 0.1) is 12.0 Å². The molecule has 0 aliphatic rings. The molecule has 0 amide bonds. The SMILES string of the molecule is CCN(CC)c1nc(Cl)nc(N(C)CC(C)C#N)n1. The third-order valence-electron chi connectivity index (χ3n) is 2.74. The third kappa shape index (κ3) is 4.21. The molecule has 0 saturated carbocycles. The summed E-state index contributed by atoms with van der Waals surface area (Å²) in [5, 5.41) is 9.01. The lowest BCUT2D eigenvalue weighted by Crippen LogP contribution is -2.28. The smallest absolute Gasteiger partial charge is 0.231 e. The Balaban J connectivity index is 2.99. The lowest BCUT2D eigenvalue weighted by atomic mass is 10.2. The van der Waals surface area contributed by atoms with Gasteiger partial charge in [0, 0.05) is 26.7 Å². The van der Waals surface area contributed by atoms with E-state index < -0.39 is 0 Å². The minimum atomic E-state index is -0.0996. The molecular weight excluding hydrogens is 264 g/mol. The van der Waals surface area contributed by atoms with Crippen LogP contribution in [0.5, 0.6) is 0 Å². The first-order valence-corrected chi connectivity index (χ1v) is 6.66.